The van der Waals surface area contributed by atoms with Crippen LogP contribution in [0.2, 0.25) is 0 Å². The largest absolute Gasteiger partial charge is 0.390 e. The fraction of sp³-hybridized carbons (Fsp3) is 1.00. The first-order valence-corrected chi connectivity index (χ1v) is 9.92. The highest BCUT2D eigenvalue weighted by atomic mass is 16.3. The van der Waals surface area contributed by atoms with Gasteiger partial charge in [-0.2, -0.15) is 0 Å². The average molecular weight is 359 g/mol. The fourth-order valence-corrected chi connectivity index (χ4v) is 3.32. The Morgan fingerprint density at radius 2 is 0.840 bits per heavy atom. The summed E-state index contributed by atoms with van der Waals surface area (Å²) >= 11 is 0. The number of aliphatic hydroxyl groups is 1. The third-order valence-corrected chi connectivity index (χ3v) is 6.17. The summed E-state index contributed by atoms with van der Waals surface area (Å²) in [5.41, 5.74) is -0.341. The van der Waals surface area contributed by atoms with Crippen LogP contribution < -0.4 is 0 Å². The predicted molar refractivity (Wildman–Crippen MR) is 118 cm³/mol. The van der Waals surface area contributed by atoms with Crippen molar-refractivity contribution < 1.29 is 5.11 Å². The quantitative estimate of drug-likeness (QED) is 0.461. The SMILES string of the molecule is C.C.C.CC1CC1C.CC1CCC(C)(O)CC1.CC1CCC(C)CC1. The van der Waals surface area contributed by atoms with E-state index in [2.05, 4.69) is 34.6 Å². The van der Waals surface area contributed by atoms with Crippen molar-refractivity contribution in [3.63, 3.8) is 0 Å². The molecule has 0 aromatic carbocycles. The summed E-state index contributed by atoms with van der Waals surface area (Å²) in [6, 6.07) is 0. The summed E-state index contributed by atoms with van der Waals surface area (Å²) < 4.78 is 0. The molecule has 0 amide bonds. The fourth-order valence-electron chi connectivity index (χ4n) is 3.32. The van der Waals surface area contributed by atoms with E-state index in [0.29, 0.717) is 0 Å². The average Bonchev–Trinajstić information content (AvgIpc) is 3.11. The van der Waals surface area contributed by atoms with Gasteiger partial charge in [-0.3, -0.25) is 0 Å². The van der Waals surface area contributed by atoms with E-state index in [1.165, 1.54) is 44.9 Å². The van der Waals surface area contributed by atoms with Crippen molar-refractivity contribution in [2.45, 2.75) is 127 Å². The van der Waals surface area contributed by atoms with Crippen molar-refractivity contribution in [2.24, 2.45) is 29.6 Å². The molecule has 0 aromatic rings. The molecule has 3 aliphatic carbocycles. The lowest BCUT2D eigenvalue weighted by molar-refractivity contribution is 0.0104. The molecule has 3 aliphatic rings. The van der Waals surface area contributed by atoms with E-state index in [4.69, 9.17) is 0 Å². The zero-order valence-electron chi connectivity index (χ0n) is 16.2. The monoisotopic (exact) mass is 358 g/mol. The first-order valence-electron chi connectivity index (χ1n) is 9.92. The van der Waals surface area contributed by atoms with Crippen molar-refractivity contribution in [2.75, 3.05) is 0 Å². The van der Waals surface area contributed by atoms with E-state index in [1.54, 1.807) is 0 Å². The van der Waals surface area contributed by atoms with Gasteiger partial charge in [0.25, 0.3) is 0 Å². The summed E-state index contributed by atoms with van der Waals surface area (Å²) in [6.07, 6.45) is 11.8. The van der Waals surface area contributed by atoms with E-state index < -0.39 is 0 Å². The van der Waals surface area contributed by atoms with Crippen LogP contribution in [0.25, 0.3) is 0 Å². The molecule has 156 valence electrons. The Hall–Kier alpha value is -0.0400. The molecule has 0 radical (unpaired) electrons. The van der Waals surface area contributed by atoms with Crippen LogP contribution in [0.4, 0.5) is 0 Å². The third kappa shape index (κ3) is 14.8. The molecule has 0 heterocycles. The van der Waals surface area contributed by atoms with Crippen molar-refractivity contribution >= 4 is 0 Å². The molecule has 0 aliphatic heterocycles. The molecule has 0 aromatic heterocycles. The van der Waals surface area contributed by atoms with Gasteiger partial charge >= 0.3 is 0 Å². The maximum absolute atomic E-state index is 9.49. The van der Waals surface area contributed by atoms with Crippen LogP contribution in [0.1, 0.15) is 122 Å². The minimum atomic E-state index is -0.341. The number of rotatable bonds is 0. The molecule has 25 heavy (non-hydrogen) atoms. The lowest BCUT2D eigenvalue weighted by Gasteiger charge is -2.31. The standard InChI is InChI=1S/C8H16O.C8H16.C5H10.3CH4/c1-7-3-5-8(2,9)6-4-7;1-7-3-5-8(2)6-4-7;1-4-3-5(4)2;;;/h7,9H,3-6H2,1-2H3;7-8H,3-6H2,1-2H3;4-5H,3H2,1-2H3;3*1H4. The molecule has 1 heteroatoms. The van der Waals surface area contributed by atoms with Gasteiger partial charge in [-0.05, 0) is 68.6 Å². The van der Waals surface area contributed by atoms with Crippen molar-refractivity contribution in [1.29, 1.82) is 0 Å². The highest BCUT2D eigenvalue weighted by molar-refractivity contribution is 4.79. The van der Waals surface area contributed by atoms with Crippen molar-refractivity contribution in [3.05, 3.63) is 0 Å². The van der Waals surface area contributed by atoms with Gasteiger partial charge in [0.2, 0.25) is 0 Å². The highest BCUT2D eigenvalue weighted by Gasteiger charge is 2.26. The maximum Gasteiger partial charge on any atom is 0.0620 e. The van der Waals surface area contributed by atoms with Crippen molar-refractivity contribution in [1.82, 2.24) is 0 Å². The minimum absolute atomic E-state index is 0. The van der Waals surface area contributed by atoms with Gasteiger partial charge in [-0.15, -0.1) is 0 Å². The van der Waals surface area contributed by atoms with Gasteiger partial charge < -0.3 is 5.11 Å². The second kappa shape index (κ2) is 14.1. The molecule has 3 rings (SSSR count). The number of hydrogen-bond donors (Lipinski definition) is 1. The molecule has 3 fully saturated rings. The molecule has 0 spiro atoms. The smallest absolute Gasteiger partial charge is 0.0620 e. The molecular weight excluding hydrogens is 304 g/mol. The Bertz CT molecular complexity index is 262. The molecule has 1 nitrogen and oxygen atoms in total. The second-order valence-corrected chi connectivity index (χ2v) is 9.23. The molecule has 2 unspecified atom stereocenters. The summed E-state index contributed by atoms with van der Waals surface area (Å²) in [6.45, 7) is 13.5. The van der Waals surface area contributed by atoms with Gasteiger partial charge in [-0.25, -0.2) is 0 Å². The third-order valence-electron chi connectivity index (χ3n) is 6.17. The summed E-state index contributed by atoms with van der Waals surface area (Å²) in [5.74, 6) is 4.98. The van der Waals surface area contributed by atoms with Gasteiger partial charge in [0.15, 0.2) is 0 Å². The molecule has 3 saturated carbocycles. The van der Waals surface area contributed by atoms with Gasteiger partial charge in [0.1, 0.15) is 0 Å². The van der Waals surface area contributed by atoms with Crippen LogP contribution in [0.15, 0.2) is 0 Å². The van der Waals surface area contributed by atoms with E-state index in [1.807, 2.05) is 6.92 Å². The first-order chi connectivity index (χ1) is 10.2. The normalized spacial score (nSPS) is 38.8. The van der Waals surface area contributed by atoms with Crippen LogP contribution >= 0.6 is 0 Å². The zero-order valence-corrected chi connectivity index (χ0v) is 16.2. The van der Waals surface area contributed by atoms with E-state index in [9.17, 15) is 5.11 Å². The Kier molecular flexibility index (Phi) is 16.7. The molecule has 0 saturated heterocycles. The molecular formula is C24H54O. The topological polar surface area (TPSA) is 20.2 Å². The number of hydrogen-bond acceptors (Lipinski definition) is 1. The second-order valence-electron chi connectivity index (χ2n) is 9.23. The minimum Gasteiger partial charge on any atom is -0.390 e. The molecule has 1 N–H and O–H groups in total. The van der Waals surface area contributed by atoms with Crippen LogP contribution in [0.3, 0.4) is 0 Å². The maximum atomic E-state index is 9.49. The summed E-state index contributed by atoms with van der Waals surface area (Å²) in [7, 11) is 0. The zero-order chi connectivity index (χ0) is 16.8. The predicted octanol–water partition coefficient (Wildman–Crippen LogP) is 8.35. The Morgan fingerprint density at radius 3 is 1.04 bits per heavy atom. The Labute approximate surface area is 162 Å². The van der Waals surface area contributed by atoms with Gasteiger partial charge in [0.05, 0.1) is 5.60 Å². The summed E-state index contributed by atoms with van der Waals surface area (Å²) in [4.78, 5) is 0. The van der Waals surface area contributed by atoms with Gasteiger partial charge in [-0.1, -0.05) is 82.6 Å². The first kappa shape index (κ1) is 29.7. The molecule has 0 bridgehead atoms. The van der Waals surface area contributed by atoms with Crippen LogP contribution in [-0.4, -0.2) is 10.7 Å². The van der Waals surface area contributed by atoms with E-state index >= 15 is 0 Å². The van der Waals surface area contributed by atoms with Gasteiger partial charge in [0, 0.05) is 0 Å². The van der Waals surface area contributed by atoms with E-state index in [0.717, 1.165) is 42.4 Å². The lowest BCUT2D eigenvalue weighted by atomic mass is 9.81. The van der Waals surface area contributed by atoms with Crippen LogP contribution in [0, 0.1) is 29.6 Å². The Balaban J connectivity index is -0.000000282. The lowest BCUT2D eigenvalue weighted by Crippen LogP contribution is -2.29. The van der Waals surface area contributed by atoms with Crippen molar-refractivity contribution in [3.8, 4) is 0 Å². The van der Waals surface area contributed by atoms with E-state index in [-0.39, 0.29) is 27.9 Å². The molecule has 2 atom stereocenters. The highest BCUT2D eigenvalue weighted by Crippen LogP contribution is 2.36. The van der Waals surface area contributed by atoms with Crippen LogP contribution in [-0.2, 0) is 0 Å². The summed E-state index contributed by atoms with van der Waals surface area (Å²) in [5, 5.41) is 9.49. The van der Waals surface area contributed by atoms with Crippen LogP contribution in [0.5, 0.6) is 0 Å². The Morgan fingerprint density at radius 1 is 0.600 bits per heavy atom.